The quantitative estimate of drug-likeness (QED) is 0.384. The molecule has 0 unspecified atom stereocenters. The molecule has 0 spiro atoms. The summed E-state index contributed by atoms with van der Waals surface area (Å²) in [5, 5.41) is 14.1. The molecular formula is C7H20N2O. The van der Waals surface area contributed by atoms with Crippen LogP contribution in [-0.2, 0) is 0 Å². The molecule has 0 saturated heterocycles. The second kappa shape index (κ2) is 15.9. The molecule has 3 nitrogen and oxygen atoms in total. The Bertz CT molecular complexity index is 36.6. The fourth-order valence-corrected chi connectivity index (χ4v) is 0.433. The molecule has 0 aromatic carbocycles. The number of aliphatic hydroxyl groups is 1. The van der Waals surface area contributed by atoms with Crippen LogP contribution in [0.1, 0.15) is 20.8 Å². The van der Waals surface area contributed by atoms with E-state index in [9.17, 15) is 0 Å². The molecule has 0 aromatic rings. The predicted molar refractivity (Wildman–Crippen MR) is 45.0 cm³/mol. The Hall–Kier alpha value is -0.120. The fraction of sp³-hybridized carbons (Fsp3) is 1.00. The van der Waals surface area contributed by atoms with Crippen LogP contribution in [-0.4, -0.2) is 31.5 Å². The minimum Gasteiger partial charge on any atom is -0.381 e. The molecule has 0 heterocycles. The minimum absolute atomic E-state index is 0.0748. The zero-order valence-corrected chi connectivity index (χ0v) is 7.28. The van der Waals surface area contributed by atoms with Crippen molar-refractivity contribution in [3.05, 3.63) is 0 Å². The van der Waals surface area contributed by atoms with Gasteiger partial charge in [-0.2, -0.15) is 0 Å². The van der Waals surface area contributed by atoms with Gasteiger partial charge < -0.3 is 10.4 Å². The van der Waals surface area contributed by atoms with Crippen molar-refractivity contribution in [2.45, 2.75) is 20.8 Å². The van der Waals surface area contributed by atoms with Crippen molar-refractivity contribution in [2.24, 2.45) is 0 Å². The van der Waals surface area contributed by atoms with Gasteiger partial charge >= 0.3 is 0 Å². The lowest BCUT2D eigenvalue weighted by atomic mass is 10.6. The summed E-state index contributed by atoms with van der Waals surface area (Å²) in [4.78, 5) is 0. The smallest absolute Gasteiger partial charge is 0.0931 e. The van der Waals surface area contributed by atoms with Crippen molar-refractivity contribution < 1.29 is 5.11 Å². The first-order valence-corrected chi connectivity index (χ1v) is 3.94. The Morgan fingerprint density at radius 2 is 1.60 bits per heavy atom. The molecule has 0 aromatic heterocycles. The van der Waals surface area contributed by atoms with E-state index in [1.807, 2.05) is 13.8 Å². The van der Waals surface area contributed by atoms with Gasteiger partial charge in [0.2, 0.25) is 0 Å². The maximum absolute atomic E-state index is 8.23. The van der Waals surface area contributed by atoms with Crippen LogP contribution >= 0.6 is 0 Å². The third-order valence-corrected chi connectivity index (χ3v) is 0.840. The van der Waals surface area contributed by atoms with Crippen molar-refractivity contribution in [3.8, 4) is 0 Å². The maximum Gasteiger partial charge on any atom is 0.0931 e. The zero-order chi connectivity index (χ0) is 8.24. The molecule has 0 radical (unpaired) electrons. The first kappa shape index (κ1) is 12.5. The van der Waals surface area contributed by atoms with Crippen LogP contribution in [0.2, 0.25) is 0 Å². The Morgan fingerprint density at radius 1 is 1.10 bits per heavy atom. The summed E-state index contributed by atoms with van der Waals surface area (Å²) in [5.41, 5.74) is 0. The largest absolute Gasteiger partial charge is 0.381 e. The third kappa shape index (κ3) is 15.7. The van der Waals surface area contributed by atoms with Crippen molar-refractivity contribution in [1.29, 1.82) is 0 Å². The van der Waals surface area contributed by atoms with Gasteiger partial charge in [0.25, 0.3) is 0 Å². The highest BCUT2D eigenvalue weighted by Crippen LogP contribution is 1.55. The number of aliphatic hydroxyl groups excluding tert-OH is 1. The van der Waals surface area contributed by atoms with E-state index in [0.717, 1.165) is 19.6 Å². The summed E-state index contributed by atoms with van der Waals surface area (Å²) in [7, 11) is 0. The van der Waals surface area contributed by atoms with E-state index < -0.39 is 0 Å². The number of rotatable bonds is 5. The molecule has 0 aliphatic heterocycles. The topological polar surface area (TPSA) is 44.3 Å². The molecule has 0 atom stereocenters. The first-order valence-electron chi connectivity index (χ1n) is 3.94. The van der Waals surface area contributed by atoms with E-state index in [2.05, 4.69) is 17.6 Å². The van der Waals surface area contributed by atoms with Crippen LogP contribution in [0.15, 0.2) is 0 Å². The van der Waals surface area contributed by atoms with Crippen LogP contribution < -0.4 is 10.6 Å². The van der Waals surface area contributed by atoms with Crippen molar-refractivity contribution in [3.63, 3.8) is 0 Å². The highest BCUT2D eigenvalue weighted by Gasteiger charge is 1.79. The number of nitrogens with one attached hydrogen (secondary N) is 2. The van der Waals surface area contributed by atoms with Gasteiger partial charge in [-0.3, -0.25) is 5.32 Å². The summed E-state index contributed by atoms with van der Waals surface area (Å²) in [6.45, 7) is 8.89. The summed E-state index contributed by atoms with van der Waals surface area (Å²) in [6.07, 6.45) is 0. The number of hydrogen-bond donors (Lipinski definition) is 3. The van der Waals surface area contributed by atoms with Crippen molar-refractivity contribution in [2.75, 3.05) is 26.4 Å². The molecule has 10 heavy (non-hydrogen) atoms. The Labute approximate surface area is 63.8 Å². The Balaban J connectivity index is 0. The lowest BCUT2D eigenvalue weighted by Gasteiger charge is -1.99. The lowest BCUT2D eigenvalue weighted by molar-refractivity contribution is 0.261. The summed E-state index contributed by atoms with van der Waals surface area (Å²) < 4.78 is 0. The monoisotopic (exact) mass is 148 g/mol. The van der Waals surface area contributed by atoms with E-state index in [0.29, 0.717) is 0 Å². The maximum atomic E-state index is 8.23. The van der Waals surface area contributed by atoms with Gasteiger partial charge in [0.05, 0.1) is 6.73 Å². The van der Waals surface area contributed by atoms with Crippen LogP contribution in [0.25, 0.3) is 0 Å². The van der Waals surface area contributed by atoms with E-state index in [1.165, 1.54) is 0 Å². The average molecular weight is 148 g/mol. The van der Waals surface area contributed by atoms with Crippen LogP contribution in [0.5, 0.6) is 0 Å². The van der Waals surface area contributed by atoms with Gasteiger partial charge in [-0.15, -0.1) is 0 Å². The SMILES string of the molecule is CC.CCNCCNCO. The van der Waals surface area contributed by atoms with Gasteiger partial charge in [-0.1, -0.05) is 20.8 Å². The minimum atomic E-state index is 0.0748. The van der Waals surface area contributed by atoms with Gasteiger partial charge in [0, 0.05) is 13.1 Å². The second-order valence-corrected chi connectivity index (χ2v) is 1.51. The normalized spacial score (nSPS) is 8.40. The molecule has 0 aliphatic carbocycles. The molecule has 0 saturated carbocycles. The van der Waals surface area contributed by atoms with E-state index in [4.69, 9.17) is 5.11 Å². The molecule has 64 valence electrons. The molecule has 0 bridgehead atoms. The number of likely N-dealkylation sites (N-methyl/N-ethyl adjacent to an activating group) is 1. The fourth-order valence-electron chi connectivity index (χ4n) is 0.433. The van der Waals surface area contributed by atoms with Gasteiger partial charge in [0.1, 0.15) is 0 Å². The third-order valence-electron chi connectivity index (χ3n) is 0.840. The molecule has 3 N–H and O–H groups in total. The van der Waals surface area contributed by atoms with Crippen molar-refractivity contribution >= 4 is 0 Å². The van der Waals surface area contributed by atoms with Crippen LogP contribution in [0.4, 0.5) is 0 Å². The Morgan fingerprint density at radius 3 is 2.00 bits per heavy atom. The molecule has 0 rings (SSSR count). The van der Waals surface area contributed by atoms with Crippen LogP contribution in [0, 0.1) is 0 Å². The highest BCUT2D eigenvalue weighted by molar-refractivity contribution is 4.44. The summed E-state index contributed by atoms with van der Waals surface area (Å²) in [6, 6.07) is 0. The highest BCUT2D eigenvalue weighted by atomic mass is 16.3. The summed E-state index contributed by atoms with van der Waals surface area (Å²) >= 11 is 0. The van der Waals surface area contributed by atoms with E-state index >= 15 is 0 Å². The first-order chi connectivity index (χ1) is 4.91. The van der Waals surface area contributed by atoms with Gasteiger partial charge in [-0.25, -0.2) is 0 Å². The average Bonchev–Trinajstić information content (AvgIpc) is 2.02. The second-order valence-electron chi connectivity index (χ2n) is 1.51. The molecular weight excluding hydrogens is 128 g/mol. The van der Waals surface area contributed by atoms with E-state index in [-0.39, 0.29) is 6.73 Å². The molecule has 3 heteroatoms. The Kier molecular flexibility index (Phi) is 20.0. The zero-order valence-electron chi connectivity index (χ0n) is 7.28. The summed E-state index contributed by atoms with van der Waals surface area (Å²) in [5.74, 6) is 0. The van der Waals surface area contributed by atoms with Gasteiger partial charge in [-0.05, 0) is 6.54 Å². The van der Waals surface area contributed by atoms with Crippen LogP contribution in [0.3, 0.4) is 0 Å². The van der Waals surface area contributed by atoms with Gasteiger partial charge in [0.15, 0.2) is 0 Å². The molecule has 0 amide bonds. The standard InChI is InChI=1S/C5H14N2O.C2H6/c1-2-6-3-4-7-5-8;1-2/h6-8H,2-5H2,1H3;1-2H3. The predicted octanol–water partition coefficient (Wildman–Crippen LogP) is 0.162. The molecule has 0 fully saturated rings. The van der Waals surface area contributed by atoms with E-state index in [1.54, 1.807) is 0 Å². The molecule has 0 aliphatic rings. The van der Waals surface area contributed by atoms with Crippen molar-refractivity contribution in [1.82, 2.24) is 10.6 Å². The lowest BCUT2D eigenvalue weighted by Crippen LogP contribution is -2.27. The number of hydrogen-bond acceptors (Lipinski definition) is 3.